The number of fused-ring (bicyclic) bond motifs is 1. The topological polar surface area (TPSA) is 59.1 Å². The molecule has 0 bridgehead atoms. The number of imide groups is 1. The van der Waals surface area contributed by atoms with Gasteiger partial charge in [0.05, 0.1) is 18.3 Å². The third-order valence-electron chi connectivity index (χ3n) is 5.86. The van der Waals surface area contributed by atoms with E-state index in [4.69, 9.17) is 4.84 Å². The van der Waals surface area contributed by atoms with Crippen LogP contribution < -0.4 is 9.80 Å². The fourth-order valence-corrected chi connectivity index (χ4v) is 4.40. The first kappa shape index (κ1) is 22.0. The van der Waals surface area contributed by atoms with Gasteiger partial charge in [-0.05, 0) is 35.4 Å². The summed E-state index contributed by atoms with van der Waals surface area (Å²) in [5.41, 5.74) is 1.94. The maximum atomic E-state index is 13.4. The molecule has 3 aromatic carbocycles. The van der Waals surface area contributed by atoms with Crippen LogP contribution in [0.1, 0.15) is 17.2 Å². The van der Waals surface area contributed by atoms with Crippen LogP contribution in [0.15, 0.2) is 84.9 Å². The molecule has 0 unspecified atom stereocenters. The molecule has 0 saturated carbocycles. The number of hydrogen-bond donors (Lipinski definition) is 0. The van der Waals surface area contributed by atoms with Crippen molar-refractivity contribution in [1.82, 2.24) is 4.90 Å². The third-order valence-corrected chi connectivity index (χ3v) is 5.86. The SMILES string of the molecule is O=C1[C@@H]2[C@@H](ON(c3ccccc3)[C@H]2c2ccc(OC(F)(F)F)cc2)C(=O)N1Cc1ccccc1. The number of anilines is 1. The fraction of sp³-hybridized carbons (Fsp3) is 0.200. The second kappa shape index (κ2) is 8.49. The van der Waals surface area contributed by atoms with E-state index >= 15 is 0 Å². The first-order chi connectivity index (χ1) is 16.3. The Labute approximate surface area is 193 Å². The Morgan fingerprint density at radius 2 is 1.44 bits per heavy atom. The lowest BCUT2D eigenvalue weighted by Crippen LogP contribution is -2.36. The van der Waals surface area contributed by atoms with Gasteiger partial charge in [-0.3, -0.25) is 19.3 Å². The molecule has 5 rings (SSSR count). The summed E-state index contributed by atoms with van der Waals surface area (Å²) in [5, 5.41) is 1.49. The maximum Gasteiger partial charge on any atom is 0.573 e. The lowest BCUT2D eigenvalue weighted by molar-refractivity contribution is -0.274. The van der Waals surface area contributed by atoms with Crippen molar-refractivity contribution in [3.8, 4) is 5.75 Å². The van der Waals surface area contributed by atoms with Crippen LogP contribution in [0.2, 0.25) is 0 Å². The van der Waals surface area contributed by atoms with Gasteiger partial charge in [0.25, 0.3) is 5.91 Å². The average molecular weight is 468 g/mol. The molecule has 2 fully saturated rings. The van der Waals surface area contributed by atoms with E-state index in [0.29, 0.717) is 11.3 Å². The second-order valence-corrected chi connectivity index (χ2v) is 8.02. The number of benzene rings is 3. The van der Waals surface area contributed by atoms with Crippen molar-refractivity contribution in [3.05, 3.63) is 96.1 Å². The van der Waals surface area contributed by atoms with Crippen molar-refractivity contribution in [1.29, 1.82) is 0 Å². The normalized spacial score (nSPS) is 22.3. The van der Waals surface area contributed by atoms with Crippen molar-refractivity contribution in [3.63, 3.8) is 0 Å². The molecule has 6 nitrogen and oxygen atoms in total. The number of carbonyl (C=O) groups excluding carboxylic acids is 2. The van der Waals surface area contributed by atoms with Crippen LogP contribution in [0.4, 0.5) is 18.9 Å². The molecule has 2 heterocycles. The highest BCUT2D eigenvalue weighted by atomic mass is 19.4. The van der Waals surface area contributed by atoms with Gasteiger partial charge in [0.15, 0.2) is 6.10 Å². The summed E-state index contributed by atoms with van der Waals surface area (Å²) in [5.74, 6) is -2.07. The zero-order valence-electron chi connectivity index (χ0n) is 17.7. The van der Waals surface area contributed by atoms with Gasteiger partial charge in [0.2, 0.25) is 5.91 Å². The highest BCUT2D eigenvalue weighted by molar-refractivity contribution is 6.07. The van der Waals surface area contributed by atoms with Gasteiger partial charge in [0, 0.05) is 0 Å². The summed E-state index contributed by atoms with van der Waals surface area (Å²) in [7, 11) is 0. The lowest BCUT2D eigenvalue weighted by Gasteiger charge is -2.29. The van der Waals surface area contributed by atoms with Gasteiger partial charge in [-0.25, -0.2) is 5.06 Å². The van der Waals surface area contributed by atoms with Crippen molar-refractivity contribution < 1.29 is 32.3 Å². The Kier molecular flexibility index (Phi) is 5.49. The van der Waals surface area contributed by atoms with Crippen molar-refractivity contribution in [2.24, 2.45) is 5.92 Å². The number of rotatable bonds is 5. The summed E-state index contributed by atoms with van der Waals surface area (Å²) >= 11 is 0. The summed E-state index contributed by atoms with van der Waals surface area (Å²) in [4.78, 5) is 33.8. The second-order valence-electron chi connectivity index (χ2n) is 8.02. The molecule has 0 aromatic heterocycles. The molecule has 34 heavy (non-hydrogen) atoms. The summed E-state index contributed by atoms with van der Waals surface area (Å²) in [6.07, 6.45) is -5.85. The van der Waals surface area contributed by atoms with Gasteiger partial charge >= 0.3 is 6.36 Å². The highest BCUT2D eigenvalue weighted by Gasteiger charge is 2.59. The molecule has 3 atom stereocenters. The van der Waals surface area contributed by atoms with Crippen molar-refractivity contribution >= 4 is 17.5 Å². The van der Waals surface area contributed by atoms with Crippen LogP contribution in [0.3, 0.4) is 0 Å². The Morgan fingerprint density at radius 3 is 2.06 bits per heavy atom. The molecular formula is C25H19F3N2O4. The van der Waals surface area contributed by atoms with E-state index in [-0.39, 0.29) is 12.3 Å². The molecule has 2 aliphatic rings. The lowest BCUT2D eigenvalue weighted by atomic mass is 9.90. The number of likely N-dealkylation sites (tertiary alicyclic amines) is 1. The zero-order chi connectivity index (χ0) is 23.9. The van der Waals surface area contributed by atoms with Gasteiger partial charge in [-0.2, -0.15) is 0 Å². The quantitative estimate of drug-likeness (QED) is 0.511. The first-order valence-corrected chi connectivity index (χ1v) is 10.6. The Bertz CT molecular complexity index is 1190. The molecule has 3 aromatic rings. The van der Waals surface area contributed by atoms with E-state index in [2.05, 4.69) is 4.74 Å². The Hall–Kier alpha value is -3.85. The van der Waals surface area contributed by atoms with Crippen LogP contribution in [0, 0.1) is 5.92 Å². The van der Waals surface area contributed by atoms with Crippen LogP contribution in [0.25, 0.3) is 0 Å². The fourth-order valence-electron chi connectivity index (χ4n) is 4.40. The molecule has 0 spiro atoms. The smallest absolute Gasteiger partial charge is 0.406 e. The van der Waals surface area contributed by atoms with E-state index in [1.54, 1.807) is 24.3 Å². The first-order valence-electron chi connectivity index (χ1n) is 10.6. The van der Waals surface area contributed by atoms with Gasteiger partial charge in [-0.15, -0.1) is 13.2 Å². The van der Waals surface area contributed by atoms with E-state index in [1.807, 2.05) is 36.4 Å². The van der Waals surface area contributed by atoms with Crippen LogP contribution >= 0.6 is 0 Å². The Balaban J connectivity index is 1.49. The maximum absolute atomic E-state index is 13.4. The van der Waals surface area contributed by atoms with E-state index < -0.39 is 36.2 Å². The van der Waals surface area contributed by atoms with Gasteiger partial charge in [0.1, 0.15) is 11.7 Å². The minimum absolute atomic E-state index is 0.116. The molecule has 174 valence electrons. The molecule has 9 heteroatoms. The number of alkyl halides is 3. The standard InChI is InChI=1S/C25H19F3N2O4/c26-25(27,28)33-19-13-11-17(12-14-19)21-20-22(34-30(21)18-9-5-2-6-10-18)24(32)29(23(20)31)15-16-7-3-1-4-8-16/h1-14,20-22H,15H2/t20-,21-,22+/m0/s1. The molecular weight excluding hydrogens is 449 g/mol. The monoisotopic (exact) mass is 468 g/mol. The van der Waals surface area contributed by atoms with Crippen molar-refractivity contribution in [2.75, 3.05) is 5.06 Å². The predicted octanol–water partition coefficient (Wildman–Crippen LogP) is 4.63. The molecule has 2 saturated heterocycles. The van der Waals surface area contributed by atoms with Crippen LogP contribution in [0.5, 0.6) is 5.75 Å². The highest BCUT2D eigenvalue weighted by Crippen LogP contribution is 2.47. The van der Waals surface area contributed by atoms with Crippen molar-refractivity contribution in [2.45, 2.75) is 25.1 Å². The largest absolute Gasteiger partial charge is 0.573 e. The number of carbonyl (C=O) groups is 2. The van der Waals surface area contributed by atoms with Gasteiger partial charge in [-0.1, -0.05) is 60.7 Å². The molecule has 0 aliphatic carbocycles. The summed E-state index contributed by atoms with van der Waals surface area (Å²) in [6, 6.07) is 22.6. The number of nitrogens with zero attached hydrogens (tertiary/aromatic N) is 2. The van der Waals surface area contributed by atoms with Crippen LogP contribution in [-0.4, -0.2) is 29.2 Å². The minimum atomic E-state index is -4.81. The predicted molar refractivity (Wildman–Crippen MR) is 115 cm³/mol. The Morgan fingerprint density at radius 1 is 0.824 bits per heavy atom. The summed E-state index contributed by atoms with van der Waals surface area (Å²) < 4.78 is 41.7. The summed E-state index contributed by atoms with van der Waals surface area (Å²) in [6.45, 7) is 0.116. The number of hydroxylamine groups is 1. The molecule has 0 radical (unpaired) electrons. The molecule has 0 N–H and O–H groups in total. The number of ether oxygens (including phenoxy) is 1. The number of para-hydroxylation sites is 1. The van der Waals surface area contributed by atoms with Crippen LogP contribution in [-0.2, 0) is 21.0 Å². The van der Waals surface area contributed by atoms with E-state index in [0.717, 1.165) is 5.56 Å². The van der Waals surface area contributed by atoms with Gasteiger partial charge < -0.3 is 4.74 Å². The third kappa shape index (κ3) is 4.10. The average Bonchev–Trinajstić information content (AvgIpc) is 3.32. The number of amides is 2. The molecule has 2 aliphatic heterocycles. The number of hydrogen-bond acceptors (Lipinski definition) is 5. The molecule has 2 amide bonds. The van der Waals surface area contributed by atoms with E-state index in [9.17, 15) is 22.8 Å². The number of halogens is 3. The minimum Gasteiger partial charge on any atom is -0.406 e. The van der Waals surface area contributed by atoms with E-state index in [1.165, 1.54) is 34.2 Å². The zero-order valence-corrected chi connectivity index (χ0v) is 17.7.